The van der Waals surface area contributed by atoms with E-state index in [-0.39, 0.29) is 55.4 Å². The van der Waals surface area contributed by atoms with Gasteiger partial charge < -0.3 is 37.6 Å². The number of nitrogens with one attached hydrogen (secondary N) is 1. The molecular weight excluding hydrogens is 824 g/mol. The number of aromatic nitrogens is 4. The molecule has 2 aromatic heterocycles. The third kappa shape index (κ3) is 10.7. The summed E-state index contributed by atoms with van der Waals surface area (Å²) in [6.07, 6.45) is 1.39. The Morgan fingerprint density at radius 2 is 1.59 bits per heavy atom. The SMILES string of the molecule is C=CCO[C@@H]1[C@H](OP(OCCC#N)N(C(C)C)C(C)C)[C@@H](COC(c2ccccc2)(c2ccc(OC)cc2)c2ccc(OC)cc2)O[C@H]1n1cnc2c(=O)[nH]c(N=CN(C)C)nc21. The van der Waals surface area contributed by atoms with Crippen LogP contribution in [-0.2, 0) is 28.9 Å². The summed E-state index contributed by atoms with van der Waals surface area (Å²) < 4.78 is 49.7. The highest BCUT2D eigenvalue weighted by molar-refractivity contribution is 7.44. The molecule has 334 valence electrons. The van der Waals surface area contributed by atoms with Crippen molar-refractivity contribution in [2.24, 2.45) is 4.99 Å². The van der Waals surface area contributed by atoms with Gasteiger partial charge in [0.2, 0.25) is 5.95 Å². The maximum atomic E-state index is 13.4. The lowest BCUT2D eigenvalue weighted by molar-refractivity contribution is -0.0945. The van der Waals surface area contributed by atoms with Crippen LogP contribution in [0.2, 0.25) is 0 Å². The molecule has 5 atom stereocenters. The fourth-order valence-corrected chi connectivity index (χ4v) is 9.33. The first kappa shape index (κ1) is 47.0. The lowest BCUT2D eigenvalue weighted by Gasteiger charge is -2.39. The smallest absolute Gasteiger partial charge is 0.280 e. The molecule has 5 aromatic rings. The Morgan fingerprint density at radius 3 is 2.14 bits per heavy atom. The van der Waals surface area contributed by atoms with Gasteiger partial charge in [-0.1, -0.05) is 60.7 Å². The molecule has 17 heteroatoms. The van der Waals surface area contributed by atoms with Gasteiger partial charge in [-0.05, 0) is 68.7 Å². The van der Waals surface area contributed by atoms with Crippen LogP contribution in [-0.4, -0.2) is 114 Å². The van der Waals surface area contributed by atoms with E-state index in [2.05, 4.69) is 60.0 Å². The molecule has 0 radical (unpaired) electrons. The molecule has 0 spiro atoms. The van der Waals surface area contributed by atoms with Gasteiger partial charge >= 0.3 is 0 Å². The van der Waals surface area contributed by atoms with Crippen molar-refractivity contribution in [2.75, 3.05) is 48.1 Å². The Morgan fingerprint density at radius 1 is 0.968 bits per heavy atom. The molecule has 3 heterocycles. The van der Waals surface area contributed by atoms with Gasteiger partial charge in [0.25, 0.3) is 14.1 Å². The minimum absolute atomic E-state index is 0.00379. The summed E-state index contributed by atoms with van der Waals surface area (Å²) in [5.74, 6) is 1.46. The molecule has 3 aromatic carbocycles. The predicted molar refractivity (Wildman–Crippen MR) is 242 cm³/mol. The summed E-state index contributed by atoms with van der Waals surface area (Å²) in [6.45, 7) is 12.5. The number of benzene rings is 3. The van der Waals surface area contributed by atoms with Crippen LogP contribution in [0.5, 0.6) is 11.5 Å². The van der Waals surface area contributed by atoms with E-state index in [1.54, 1.807) is 36.1 Å². The number of methoxy groups -OCH3 is 2. The summed E-state index contributed by atoms with van der Waals surface area (Å²) in [5.41, 5.74) is 1.17. The van der Waals surface area contributed by atoms with Crippen LogP contribution in [0.1, 0.15) is 57.0 Å². The van der Waals surface area contributed by atoms with E-state index in [0.29, 0.717) is 11.5 Å². The first-order valence-electron chi connectivity index (χ1n) is 20.7. The number of hydrogen-bond donors (Lipinski definition) is 1. The van der Waals surface area contributed by atoms with Gasteiger partial charge in [0.1, 0.15) is 35.4 Å². The van der Waals surface area contributed by atoms with Gasteiger partial charge in [0, 0.05) is 26.2 Å². The van der Waals surface area contributed by atoms with Crippen molar-refractivity contribution < 1.29 is 32.7 Å². The van der Waals surface area contributed by atoms with Crippen molar-refractivity contribution in [2.45, 2.75) is 76.3 Å². The summed E-state index contributed by atoms with van der Waals surface area (Å²) in [4.78, 5) is 31.3. The summed E-state index contributed by atoms with van der Waals surface area (Å²) in [6, 6.07) is 27.7. The fraction of sp³-hybridized carbons (Fsp3) is 0.413. The highest BCUT2D eigenvalue weighted by Gasteiger charge is 2.51. The van der Waals surface area contributed by atoms with Gasteiger partial charge in [-0.2, -0.15) is 10.2 Å². The van der Waals surface area contributed by atoms with Crippen LogP contribution in [0, 0.1) is 11.3 Å². The van der Waals surface area contributed by atoms with E-state index in [1.807, 2.05) is 93.0 Å². The molecule has 16 nitrogen and oxygen atoms in total. The first-order valence-corrected chi connectivity index (χ1v) is 21.9. The summed E-state index contributed by atoms with van der Waals surface area (Å²) in [7, 11) is 5.07. The number of H-pyrrole nitrogens is 1. The van der Waals surface area contributed by atoms with Crippen molar-refractivity contribution in [1.29, 1.82) is 5.26 Å². The molecule has 1 aliphatic heterocycles. The minimum atomic E-state index is -1.81. The zero-order valence-electron chi connectivity index (χ0n) is 37.1. The van der Waals surface area contributed by atoms with E-state index >= 15 is 0 Å². The fourth-order valence-electron chi connectivity index (χ4n) is 7.56. The maximum absolute atomic E-state index is 13.4. The summed E-state index contributed by atoms with van der Waals surface area (Å²) in [5, 5.41) is 9.51. The van der Waals surface area contributed by atoms with E-state index in [4.69, 9.17) is 37.7 Å². The number of aromatic amines is 1. The predicted octanol–water partition coefficient (Wildman–Crippen LogP) is 7.50. The molecule has 1 fully saturated rings. The minimum Gasteiger partial charge on any atom is -0.497 e. The molecule has 0 amide bonds. The van der Waals surface area contributed by atoms with Crippen LogP contribution in [0.15, 0.2) is 108 Å². The van der Waals surface area contributed by atoms with Crippen molar-refractivity contribution in [3.05, 3.63) is 125 Å². The Hall–Kier alpha value is -5.50. The van der Waals surface area contributed by atoms with Gasteiger partial charge in [0.05, 0.1) is 59.2 Å². The van der Waals surface area contributed by atoms with Crippen molar-refractivity contribution in [3.63, 3.8) is 0 Å². The quantitative estimate of drug-likeness (QED) is 0.0181. The molecule has 1 saturated heterocycles. The molecule has 0 aliphatic carbocycles. The number of aliphatic imine (C=N–C) groups is 1. The van der Waals surface area contributed by atoms with E-state index in [9.17, 15) is 10.1 Å². The monoisotopic (exact) mass is 880 g/mol. The average Bonchev–Trinajstić information content (AvgIpc) is 3.86. The third-order valence-electron chi connectivity index (χ3n) is 10.3. The van der Waals surface area contributed by atoms with Crippen LogP contribution in [0.3, 0.4) is 0 Å². The van der Waals surface area contributed by atoms with Crippen LogP contribution in [0.25, 0.3) is 11.2 Å². The topological polar surface area (TPSA) is 171 Å². The van der Waals surface area contributed by atoms with Crippen molar-refractivity contribution in [3.8, 4) is 17.6 Å². The van der Waals surface area contributed by atoms with Gasteiger partial charge in [-0.15, -0.1) is 6.58 Å². The average molecular weight is 881 g/mol. The van der Waals surface area contributed by atoms with Gasteiger partial charge in [-0.25, -0.2) is 14.6 Å². The number of fused-ring (bicyclic) bond motifs is 1. The number of imidazole rings is 1. The lowest BCUT2D eigenvalue weighted by atomic mass is 9.80. The Kier molecular flexibility index (Phi) is 16.2. The molecular formula is C46H57N8O8P. The Labute approximate surface area is 370 Å². The second kappa shape index (κ2) is 21.7. The highest BCUT2D eigenvalue weighted by atomic mass is 31.2. The van der Waals surface area contributed by atoms with Gasteiger partial charge in [0.15, 0.2) is 17.4 Å². The molecule has 6 rings (SSSR count). The second-order valence-corrected chi connectivity index (χ2v) is 16.9. The third-order valence-corrected chi connectivity index (χ3v) is 12.4. The van der Waals surface area contributed by atoms with Crippen molar-refractivity contribution >= 4 is 32.0 Å². The number of nitrogens with zero attached hydrogens (tertiary/aromatic N) is 7. The molecule has 1 N–H and O–H groups in total. The van der Waals surface area contributed by atoms with E-state index < -0.39 is 44.2 Å². The first-order chi connectivity index (χ1) is 30.4. The lowest BCUT2D eigenvalue weighted by Crippen LogP contribution is -2.43. The normalized spacial score (nSPS) is 18.4. The second-order valence-electron chi connectivity index (χ2n) is 15.5. The zero-order chi connectivity index (χ0) is 45.1. The van der Waals surface area contributed by atoms with Crippen LogP contribution >= 0.6 is 8.53 Å². The van der Waals surface area contributed by atoms with Gasteiger partial charge in [-0.3, -0.25) is 14.3 Å². The zero-order valence-corrected chi connectivity index (χ0v) is 38.0. The molecule has 0 saturated carbocycles. The number of rotatable bonds is 22. The van der Waals surface area contributed by atoms with Crippen LogP contribution < -0.4 is 15.0 Å². The maximum Gasteiger partial charge on any atom is 0.280 e. The number of hydrogen-bond acceptors (Lipinski definition) is 13. The van der Waals surface area contributed by atoms with E-state index in [1.165, 1.54) is 6.33 Å². The Bertz CT molecular complexity index is 2310. The van der Waals surface area contributed by atoms with Crippen molar-refractivity contribution in [1.82, 2.24) is 29.1 Å². The molecule has 1 unspecified atom stereocenters. The molecule has 63 heavy (non-hydrogen) atoms. The number of ether oxygens (including phenoxy) is 5. The molecule has 0 bridgehead atoms. The van der Waals surface area contributed by atoms with Crippen LogP contribution in [0.4, 0.5) is 5.95 Å². The summed E-state index contributed by atoms with van der Waals surface area (Å²) >= 11 is 0. The Balaban J connectivity index is 1.53. The number of nitriles is 1. The molecule has 1 aliphatic rings. The largest absolute Gasteiger partial charge is 0.497 e. The standard InChI is InChI=1S/C46H57N8O8P/c1-10-26-58-41-40(62-63(60-27-14-25-47)54(31(2)3)32(4)5)38(61-44(41)53-30-48-39-42(53)50-45(51-43(39)55)49-29-52(6)7)28-59-46(33-15-12-11-13-16-33,34-17-21-36(56-8)22-18-34)35-19-23-37(57-9)24-20-35/h10-13,15-24,29-32,38,40-41,44H,1,14,26-28H2,2-9H3,(H,50,51,55)/t38-,40-,41-,44-,63?/m1/s1. The highest BCUT2D eigenvalue weighted by Crippen LogP contribution is 2.51. The van der Waals surface area contributed by atoms with E-state index in [0.717, 1.165) is 16.7 Å².